The van der Waals surface area contributed by atoms with Gasteiger partial charge in [-0.25, -0.2) is 4.79 Å². The van der Waals surface area contributed by atoms with Crippen molar-refractivity contribution < 1.29 is 14.3 Å². The summed E-state index contributed by atoms with van der Waals surface area (Å²) in [5.41, 5.74) is 6.97. The number of ether oxygens (including phenoxy) is 1. The Morgan fingerprint density at radius 2 is 1.88 bits per heavy atom. The van der Waals surface area contributed by atoms with Crippen molar-refractivity contribution in [3.05, 3.63) is 35.9 Å². The van der Waals surface area contributed by atoms with Crippen LogP contribution < -0.4 is 11.1 Å². The fraction of sp³-hybridized carbons (Fsp3) is 0.600. The minimum absolute atomic E-state index is 0.0506. The molecule has 0 unspecified atom stereocenters. The van der Waals surface area contributed by atoms with E-state index in [1.54, 1.807) is 11.9 Å². The highest BCUT2D eigenvalue weighted by atomic mass is 16.5. The van der Waals surface area contributed by atoms with Crippen molar-refractivity contribution in [2.75, 3.05) is 7.05 Å². The highest BCUT2D eigenvalue weighted by molar-refractivity contribution is 5.82. The fourth-order valence-electron chi connectivity index (χ4n) is 3.34. The second-order valence-corrected chi connectivity index (χ2v) is 7.38. The number of benzene rings is 1. The highest BCUT2D eigenvalue weighted by Gasteiger charge is 2.34. The van der Waals surface area contributed by atoms with E-state index in [9.17, 15) is 9.59 Å². The number of alkyl carbamates (subject to hydrolysis) is 1. The molecule has 0 spiro atoms. The summed E-state index contributed by atoms with van der Waals surface area (Å²) in [5.74, 6) is 0.00661. The van der Waals surface area contributed by atoms with Gasteiger partial charge in [-0.3, -0.25) is 4.79 Å². The number of carbonyl (C=O) groups is 2. The molecule has 0 heterocycles. The van der Waals surface area contributed by atoms with Gasteiger partial charge in [0.25, 0.3) is 0 Å². The lowest BCUT2D eigenvalue weighted by atomic mass is 9.88. The normalized spacial score (nSPS) is 21.1. The molecule has 26 heavy (non-hydrogen) atoms. The number of likely N-dealkylation sites (N-methyl/N-ethyl adjacent to an activating group) is 1. The third kappa shape index (κ3) is 5.46. The van der Waals surface area contributed by atoms with Crippen molar-refractivity contribution in [1.82, 2.24) is 10.2 Å². The van der Waals surface area contributed by atoms with E-state index in [0.29, 0.717) is 0 Å². The summed E-state index contributed by atoms with van der Waals surface area (Å²) < 4.78 is 5.33. The molecule has 3 N–H and O–H groups in total. The van der Waals surface area contributed by atoms with E-state index in [1.165, 1.54) is 0 Å². The molecule has 6 nitrogen and oxygen atoms in total. The van der Waals surface area contributed by atoms with Crippen molar-refractivity contribution in [2.24, 2.45) is 11.7 Å². The predicted molar refractivity (Wildman–Crippen MR) is 101 cm³/mol. The number of rotatable bonds is 6. The van der Waals surface area contributed by atoms with Crippen molar-refractivity contribution in [2.45, 2.75) is 64.3 Å². The average Bonchev–Trinajstić information content (AvgIpc) is 2.65. The Morgan fingerprint density at radius 3 is 2.54 bits per heavy atom. The molecule has 1 aliphatic rings. The van der Waals surface area contributed by atoms with Crippen molar-refractivity contribution >= 4 is 12.0 Å². The monoisotopic (exact) mass is 361 g/mol. The molecule has 1 aromatic carbocycles. The molecule has 0 saturated heterocycles. The fourth-order valence-corrected chi connectivity index (χ4v) is 3.34. The SMILES string of the molecule is CC(C)[C@H](N)C(=O)N(C)[C@H]1CCCC[C@@H]1NC(=O)OCc1ccccc1. The Hall–Kier alpha value is -2.08. The predicted octanol–water partition coefficient (Wildman–Crippen LogP) is 2.67. The van der Waals surface area contributed by atoms with Gasteiger partial charge in [-0.15, -0.1) is 0 Å². The van der Waals surface area contributed by atoms with Crippen molar-refractivity contribution in [3.8, 4) is 0 Å². The lowest BCUT2D eigenvalue weighted by Gasteiger charge is -2.39. The molecular weight excluding hydrogens is 330 g/mol. The molecule has 0 aliphatic heterocycles. The largest absolute Gasteiger partial charge is 0.445 e. The van der Waals surface area contributed by atoms with Gasteiger partial charge < -0.3 is 20.7 Å². The molecule has 1 aliphatic carbocycles. The molecule has 1 aromatic rings. The lowest BCUT2D eigenvalue weighted by molar-refractivity contribution is -0.135. The minimum Gasteiger partial charge on any atom is -0.445 e. The Morgan fingerprint density at radius 1 is 1.23 bits per heavy atom. The average molecular weight is 361 g/mol. The van der Waals surface area contributed by atoms with Crippen LogP contribution in [0.25, 0.3) is 0 Å². The van der Waals surface area contributed by atoms with Gasteiger partial charge in [0.2, 0.25) is 5.91 Å². The zero-order valence-corrected chi connectivity index (χ0v) is 16.0. The summed E-state index contributed by atoms with van der Waals surface area (Å²) in [6.45, 7) is 4.11. The van der Waals surface area contributed by atoms with E-state index in [1.807, 2.05) is 44.2 Å². The molecule has 0 radical (unpaired) electrons. The molecular formula is C20H31N3O3. The minimum atomic E-state index is -0.521. The first-order valence-electron chi connectivity index (χ1n) is 9.39. The van der Waals surface area contributed by atoms with Crippen LogP contribution in [0.4, 0.5) is 4.79 Å². The Kier molecular flexibility index (Phi) is 7.45. The maximum absolute atomic E-state index is 12.6. The summed E-state index contributed by atoms with van der Waals surface area (Å²) in [6.07, 6.45) is 3.31. The van der Waals surface area contributed by atoms with Gasteiger partial charge in [0.1, 0.15) is 6.61 Å². The van der Waals surface area contributed by atoms with Gasteiger partial charge in [-0.2, -0.15) is 0 Å². The third-order valence-electron chi connectivity index (χ3n) is 5.09. The Bertz CT molecular complexity index is 591. The molecule has 2 amide bonds. The summed E-state index contributed by atoms with van der Waals surface area (Å²) in [7, 11) is 1.78. The quantitative estimate of drug-likeness (QED) is 0.816. The van der Waals surface area contributed by atoms with E-state index in [0.717, 1.165) is 31.2 Å². The first-order valence-corrected chi connectivity index (χ1v) is 9.39. The molecule has 3 atom stereocenters. The van der Waals surface area contributed by atoms with E-state index < -0.39 is 12.1 Å². The zero-order chi connectivity index (χ0) is 19.1. The first-order chi connectivity index (χ1) is 12.4. The van der Waals surface area contributed by atoms with Crippen LogP contribution in [0.5, 0.6) is 0 Å². The van der Waals surface area contributed by atoms with Crippen molar-refractivity contribution in [1.29, 1.82) is 0 Å². The van der Waals surface area contributed by atoms with Crippen LogP contribution in [-0.4, -0.2) is 42.1 Å². The summed E-state index contributed by atoms with van der Waals surface area (Å²) in [5, 5.41) is 2.95. The topological polar surface area (TPSA) is 84.7 Å². The molecule has 6 heteroatoms. The molecule has 0 bridgehead atoms. The maximum atomic E-state index is 12.6. The smallest absolute Gasteiger partial charge is 0.407 e. The van der Waals surface area contributed by atoms with Crippen LogP contribution in [0.1, 0.15) is 45.1 Å². The number of carbonyl (C=O) groups excluding carboxylic acids is 2. The van der Waals surface area contributed by atoms with Crippen LogP contribution in [0.3, 0.4) is 0 Å². The van der Waals surface area contributed by atoms with Crippen LogP contribution in [0.15, 0.2) is 30.3 Å². The van der Waals surface area contributed by atoms with Gasteiger partial charge >= 0.3 is 6.09 Å². The van der Waals surface area contributed by atoms with Gasteiger partial charge in [0.05, 0.1) is 18.1 Å². The van der Waals surface area contributed by atoms with E-state index in [-0.39, 0.29) is 30.5 Å². The lowest BCUT2D eigenvalue weighted by Crippen LogP contribution is -2.57. The first kappa shape index (κ1) is 20.2. The number of nitrogens with one attached hydrogen (secondary N) is 1. The standard InChI is InChI=1S/C20H31N3O3/c1-14(2)18(21)19(24)23(3)17-12-8-7-11-16(17)22-20(25)26-13-15-9-5-4-6-10-15/h4-6,9-10,14,16-18H,7-8,11-13,21H2,1-3H3,(H,22,25)/t16-,17-,18-/m0/s1. The van der Waals surface area contributed by atoms with Gasteiger partial charge in [-0.05, 0) is 24.3 Å². The Labute approximate surface area is 156 Å². The summed E-state index contributed by atoms with van der Waals surface area (Å²) in [4.78, 5) is 26.5. The van der Waals surface area contributed by atoms with E-state index >= 15 is 0 Å². The van der Waals surface area contributed by atoms with Gasteiger partial charge in [-0.1, -0.05) is 57.0 Å². The number of amides is 2. The van der Waals surface area contributed by atoms with Crippen LogP contribution >= 0.6 is 0 Å². The van der Waals surface area contributed by atoms with Crippen molar-refractivity contribution in [3.63, 3.8) is 0 Å². The molecule has 144 valence electrons. The number of nitrogens with zero attached hydrogens (tertiary/aromatic N) is 1. The second-order valence-electron chi connectivity index (χ2n) is 7.38. The van der Waals surface area contributed by atoms with Crippen LogP contribution in [0.2, 0.25) is 0 Å². The summed E-state index contributed by atoms with van der Waals surface area (Å²) in [6, 6.07) is 8.88. The van der Waals surface area contributed by atoms with Gasteiger partial charge in [0.15, 0.2) is 0 Å². The third-order valence-corrected chi connectivity index (χ3v) is 5.09. The zero-order valence-electron chi connectivity index (χ0n) is 16.0. The molecule has 1 saturated carbocycles. The van der Waals surface area contributed by atoms with Gasteiger partial charge in [0, 0.05) is 7.05 Å². The Balaban J connectivity index is 1.92. The number of hydrogen-bond donors (Lipinski definition) is 2. The second kappa shape index (κ2) is 9.57. The maximum Gasteiger partial charge on any atom is 0.407 e. The number of hydrogen-bond acceptors (Lipinski definition) is 4. The van der Waals surface area contributed by atoms with E-state index in [4.69, 9.17) is 10.5 Å². The molecule has 2 rings (SSSR count). The van der Waals surface area contributed by atoms with Crippen LogP contribution in [0, 0.1) is 5.92 Å². The molecule has 0 aromatic heterocycles. The molecule has 1 fully saturated rings. The highest BCUT2D eigenvalue weighted by Crippen LogP contribution is 2.23. The van der Waals surface area contributed by atoms with E-state index in [2.05, 4.69) is 5.32 Å². The number of nitrogens with two attached hydrogens (primary N) is 1. The van der Waals surface area contributed by atoms with Crippen LogP contribution in [-0.2, 0) is 16.1 Å². The summed E-state index contributed by atoms with van der Waals surface area (Å²) >= 11 is 0.